The zero-order valence-electron chi connectivity index (χ0n) is 12.1. The first-order chi connectivity index (χ1) is 9.67. The Morgan fingerprint density at radius 3 is 2.55 bits per heavy atom. The maximum atomic E-state index is 5.70. The normalized spacial score (nSPS) is 12.7. The Hall–Kier alpha value is -1.92. The third kappa shape index (κ3) is 2.97. The molecule has 6 heteroatoms. The van der Waals surface area contributed by atoms with Crippen molar-refractivity contribution in [3.05, 3.63) is 42.0 Å². The van der Waals surface area contributed by atoms with Crippen LogP contribution in [-0.4, -0.2) is 21.4 Å². The number of ether oxygens (including phenoxy) is 1. The lowest BCUT2D eigenvalue weighted by atomic mass is 10.1. The second-order valence-electron chi connectivity index (χ2n) is 4.76. The van der Waals surface area contributed by atoms with E-state index in [0.29, 0.717) is 6.61 Å². The highest BCUT2D eigenvalue weighted by molar-refractivity contribution is 5.31. The maximum absolute atomic E-state index is 5.70. The predicted molar refractivity (Wildman–Crippen MR) is 77.2 cm³/mol. The molecule has 1 heterocycles. The molecule has 20 heavy (non-hydrogen) atoms. The lowest BCUT2D eigenvalue weighted by Crippen LogP contribution is -2.31. The fourth-order valence-electron chi connectivity index (χ4n) is 2.11. The van der Waals surface area contributed by atoms with Crippen LogP contribution in [0.25, 0.3) is 0 Å². The van der Waals surface area contributed by atoms with Gasteiger partial charge in [-0.05, 0) is 38.5 Å². The Bertz CT molecular complexity index is 535. The van der Waals surface area contributed by atoms with Gasteiger partial charge in [0.15, 0.2) is 0 Å². The first-order valence-electron chi connectivity index (χ1n) is 6.75. The van der Waals surface area contributed by atoms with Gasteiger partial charge in [0.2, 0.25) is 0 Å². The summed E-state index contributed by atoms with van der Waals surface area (Å²) in [4.78, 5) is 4.32. The zero-order chi connectivity index (χ0) is 14.5. The summed E-state index contributed by atoms with van der Waals surface area (Å²) < 4.78 is 7.30. The van der Waals surface area contributed by atoms with Crippen LogP contribution in [0.15, 0.2) is 30.6 Å². The third-order valence-corrected chi connectivity index (χ3v) is 3.04. The number of nitrogens with one attached hydrogen (secondary N) is 1. The SMILES string of the molecule is CCOc1ccc(C(NN)c2ncnn2C(C)C)cc1. The van der Waals surface area contributed by atoms with Crippen LogP contribution in [0.5, 0.6) is 5.75 Å². The minimum Gasteiger partial charge on any atom is -0.494 e. The maximum Gasteiger partial charge on any atom is 0.150 e. The highest BCUT2D eigenvalue weighted by Gasteiger charge is 2.20. The molecular weight excluding hydrogens is 254 g/mol. The summed E-state index contributed by atoms with van der Waals surface area (Å²) in [5.41, 5.74) is 3.82. The highest BCUT2D eigenvalue weighted by atomic mass is 16.5. The first kappa shape index (κ1) is 14.5. The van der Waals surface area contributed by atoms with Gasteiger partial charge in [-0.3, -0.25) is 5.84 Å². The van der Waals surface area contributed by atoms with E-state index in [1.54, 1.807) is 6.33 Å². The molecule has 6 nitrogen and oxygen atoms in total. The topological polar surface area (TPSA) is 78.0 Å². The van der Waals surface area contributed by atoms with Crippen LogP contribution in [0.4, 0.5) is 0 Å². The molecule has 0 saturated carbocycles. The second-order valence-corrected chi connectivity index (χ2v) is 4.76. The summed E-state index contributed by atoms with van der Waals surface area (Å²) in [5, 5.41) is 4.24. The van der Waals surface area contributed by atoms with Gasteiger partial charge in [-0.1, -0.05) is 12.1 Å². The summed E-state index contributed by atoms with van der Waals surface area (Å²) in [6.45, 7) is 6.73. The number of hydrogen-bond acceptors (Lipinski definition) is 5. The summed E-state index contributed by atoms with van der Waals surface area (Å²) >= 11 is 0. The van der Waals surface area contributed by atoms with Crippen molar-refractivity contribution in [3.8, 4) is 5.75 Å². The van der Waals surface area contributed by atoms with E-state index in [2.05, 4.69) is 29.4 Å². The van der Waals surface area contributed by atoms with Crippen molar-refractivity contribution in [1.82, 2.24) is 20.2 Å². The monoisotopic (exact) mass is 275 g/mol. The van der Waals surface area contributed by atoms with E-state index in [1.807, 2.05) is 35.9 Å². The number of benzene rings is 1. The quantitative estimate of drug-likeness (QED) is 0.621. The molecule has 3 N–H and O–H groups in total. The molecule has 0 aliphatic carbocycles. The van der Waals surface area contributed by atoms with Crippen LogP contribution in [0, 0.1) is 0 Å². The molecular formula is C14H21N5O. The Kier molecular flexibility index (Phi) is 4.70. The number of nitrogens with two attached hydrogens (primary N) is 1. The molecule has 0 amide bonds. The van der Waals surface area contributed by atoms with E-state index in [0.717, 1.165) is 17.1 Å². The van der Waals surface area contributed by atoms with Gasteiger partial charge in [-0.25, -0.2) is 15.1 Å². The molecule has 0 bridgehead atoms. The van der Waals surface area contributed by atoms with Gasteiger partial charge in [-0.15, -0.1) is 0 Å². The Morgan fingerprint density at radius 1 is 1.30 bits per heavy atom. The van der Waals surface area contributed by atoms with Gasteiger partial charge in [0.05, 0.1) is 6.61 Å². The molecule has 0 radical (unpaired) electrons. The van der Waals surface area contributed by atoms with Gasteiger partial charge >= 0.3 is 0 Å². The second kappa shape index (κ2) is 6.49. The fraction of sp³-hybridized carbons (Fsp3) is 0.429. The summed E-state index contributed by atoms with van der Waals surface area (Å²) in [6, 6.07) is 7.85. The molecule has 1 unspecified atom stereocenters. The minimum atomic E-state index is -0.199. The van der Waals surface area contributed by atoms with E-state index in [1.165, 1.54) is 0 Å². The molecule has 1 aromatic carbocycles. The van der Waals surface area contributed by atoms with E-state index < -0.39 is 0 Å². The molecule has 2 aromatic rings. The smallest absolute Gasteiger partial charge is 0.150 e. The van der Waals surface area contributed by atoms with Gasteiger partial charge in [0.1, 0.15) is 23.9 Å². The van der Waals surface area contributed by atoms with Gasteiger partial charge in [0.25, 0.3) is 0 Å². The Labute approximate surface area is 118 Å². The van der Waals surface area contributed by atoms with Crippen molar-refractivity contribution in [2.24, 2.45) is 5.84 Å². The number of rotatable bonds is 6. The summed E-state index contributed by atoms with van der Waals surface area (Å²) in [5.74, 6) is 7.34. The van der Waals surface area contributed by atoms with Gasteiger partial charge in [0, 0.05) is 6.04 Å². The third-order valence-electron chi connectivity index (χ3n) is 3.04. The average molecular weight is 275 g/mol. The van der Waals surface area contributed by atoms with Gasteiger partial charge < -0.3 is 4.74 Å². The molecule has 0 aliphatic rings. The molecule has 0 spiro atoms. The fourth-order valence-corrected chi connectivity index (χ4v) is 2.11. The standard InChI is InChI=1S/C14H21N5O/c1-4-20-12-7-5-11(6-8-12)13(18-15)14-16-9-17-19(14)10(2)3/h5-10,13,18H,4,15H2,1-3H3. The summed E-state index contributed by atoms with van der Waals surface area (Å²) in [7, 11) is 0. The molecule has 1 aromatic heterocycles. The molecule has 0 aliphatic heterocycles. The Balaban J connectivity index is 2.29. The molecule has 2 rings (SSSR count). The predicted octanol–water partition coefficient (Wildman–Crippen LogP) is 1.81. The van der Waals surface area contributed by atoms with E-state index in [-0.39, 0.29) is 12.1 Å². The number of hydrogen-bond donors (Lipinski definition) is 2. The molecule has 0 fully saturated rings. The highest BCUT2D eigenvalue weighted by Crippen LogP contribution is 2.23. The minimum absolute atomic E-state index is 0.199. The van der Waals surface area contributed by atoms with Gasteiger partial charge in [-0.2, -0.15) is 5.10 Å². The zero-order valence-corrected chi connectivity index (χ0v) is 12.1. The molecule has 108 valence electrons. The van der Waals surface area contributed by atoms with Crippen molar-refractivity contribution in [2.75, 3.05) is 6.61 Å². The van der Waals surface area contributed by atoms with Crippen LogP contribution in [-0.2, 0) is 0 Å². The molecule has 0 saturated heterocycles. The van der Waals surface area contributed by atoms with E-state index in [9.17, 15) is 0 Å². The van der Waals surface area contributed by atoms with Crippen LogP contribution < -0.4 is 16.0 Å². The number of aromatic nitrogens is 3. The van der Waals surface area contributed by atoms with E-state index in [4.69, 9.17) is 10.6 Å². The van der Waals surface area contributed by atoms with Crippen LogP contribution in [0.2, 0.25) is 0 Å². The van der Waals surface area contributed by atoms with Crippen molar-refractivity contribution >= 4 is 0 Å². The van der Waals surface area contributed by atoms with Crippen molar-refractivity contribution < 1.29 is 4.74 Å². The lowest BCUT2D eigenvalue weighted by Gasteiger charge is -2.18. The van der Waals surface area contributed by atoms with Crippen LogP contribution in [0.3, 0.4) is 0 Å². The first-order valence-corrected chi connectivity index (χ1v) is 6.75. The van der Waals surface area contributed by atoms with Crippen molar-refractivity contribution in [3.63, 3.8) is 0 Å². The Morgan fingerprint density at radius 2 is 2.00 bits per heavy atom. The van der Waals surface area contributed by atoms with Crippen LogP contribution >= 0.6 is 0 Å². The van der Waals surface area contributed by atoms with E-state index >= 15 is 0 Å². The lowest BCUT2D eigenvalue weighted by molar-refractivity contribution is 0.340. The average Bonchev–Trinajstić information content (AvgIpc) is 2.91. The largest absolute Gasteiger partial charge is 0.494 e. The van der Waals surface area contributed by atoms with Crippen LogP contribution in [0.1, 0.15) is 44.2 Å². The molecule has 1 atom stereocenters. The van der Waals surface area contributed by atoms with Crippen molar-refractivity contribution in [1.29, 1.82) is 0 Å². The number of hydrazine groups is 1. The number of nitrogens with zero attached hydrogens (tertiary/aromatic N) is 3. The van der Waals surface area contributed by atoms with Crippen molar-refractivity contribution in [2.45, 2.75) is 32.9 Å². The summed E-state index contributed by atoms with van der Waals surface area (Å²) in [6.07, 6.45) is 1.55.